The van der Waals surface area contributed by atoms with Gasteiger partial charge in [-0.3, -0.25) is 5.10 Å². The van der Waals surface area contributed by atoms with E-state index >= 15 is 0 Å². The van der Waals surface area contributed by atoms with Crippen LogP contribution < -0.4 is 5.32 Å². The molecule has 2 aliphatic rings. The molecule has 0 aromatic carbocycles. The Balaban J connectivity index is 1.85. The molecular weight excluding hydrogens is 276 g/mol. The van der Waals surface area contributed by atoms with Crippen molar-refractivity contribution in [1.29, 1.82) is 0 Å². The molecule has 112 valence electrons. The Hall–Kier alpha value is -0.920. The fourth-order valence-electron chi connectivity index (χ4n) is 3.49. The minimum Gasteiger partial charge on any atom is -0.311 e. The molecule has 0 amide bonds. The molecule has 1 aromatic heterocycles. The first-order valence-corrected chi connectivity index (χ1v) is 8.82. The molecule has 2 bridgehead atoms. The molecule has 3 heterocycles. The van der Waals surface area contributed by atoms with Crippen LogP contribution >= 0.6 is 0 Å². The lowest BCUT2D eigenvalue weighted by Crippen LogP contribution is -2.50. The Kier molecular flexibility index (Phi) is 3.83. The van der Waals surface area contributed by atoms with Crippen molar-refractivity contribution in [3.8, 4) is 0 Å². The normalized spacial score (nSPS) is 30.0. The number of sulfonamides is 1. The molecule has 2 atom stereocenters. The second-order valence-electron chi connectivity index (χ2n) is 5.80. The maximum absolute atomic E-state index is 12.8. The number of aromatic amines is 1. The third-order valence-corrected chi connectivity index (χ3v) is 6.24. The number of hydrogen-bond acceptors (Lipinski definition) is 4. The average Bonchev–Trinajstić information content (AvgIpc) is 3.06. The number of fused-ring (bicyclic) bond motifs is 2. The molecule has 20 heavy (non-hydrogen) atoms. The van der Waals surface area contributed by atoms with E-state index < -0.39 is 10.0 Å². The third-order valence-electron chi connectivity index (χ3n) is 4.36. The molecular formula is C13H22N4O2S. The van der Waals surface area contributed by atoms with Crippen LogP contribution in [0, 0.1) is 0 Å². The molecule has 2 saturated heterocycles. The number of piperidine rings is 1. The average molecular weight is 298 g/mol. The minimum atomic E-state index is -3.45. The molecule has 7 heteroatoms. The van der Waals surface area contributed by atoms with E-state index in [-0.39, 0.29) is 11.1 Å². The van der Waals surface area contributed by atoms with E-state index in [1.165, 1.54) is 25.1 Å². The van der Waals surface area contributed by atoms with E-state index in [9.17, 15) is 8.42 Å². The van der Waals surface area contributed by atoms with Crippen LogP contribution in [0.15, 0.2) is 17.3 Å². The Labute approximate surface area is 120 Å². The predicted octanol–water partition coefficient (Wildman–Crippen LogP) is 1.09. The molecule has 0 saturated carbocycles. The van der Waals surface area contributed by atoms with Gasteiger partial charge in [0.25, 0.3) is 10.0 Å². The summed E-state index contributed by atoms with van der Waals surface area (Å²) in [5.41, 5.74) is 0. The van der Waals surface area contributed by atoms with Gasteiger partial charge in [0.15, 0.2) is 5.03 Å². The Morgan fingerprint density at radius 1 is 1.35 bits per heavy atom. The Morgan fingerprint density at radius 2 is 2.05 bits per heavy atom. The second-order valence-corrected chi connectivity index (χ2v) is 7.66. The summed E-state index contributed by atoms with van der Waals surface area (Å²) in [6, 6.07) is 2.61. The zero-order valence-corrected chi connectivity index (χ0v) is 12.6. The van der Waals surface area contributed by atoms with Crippen molar-refractivity contribution in [2.45, 2.75) is 62.2 Å². The van der Waals surface area contributed by atoms with E-state index in [4.69, 9.17) is 0 Å². The number of aromatic nitrogens is 2. The van der Waals surface area contributed by atoms with Gasteiger partial charge in [0.05, 0.1) is 6.20 Å². The van der Waals surface area contributed by atoms with E-state index in [1.807, 2.05) is 6.92 Å². The lowest BCUT2D eigenvalue weighted by Gasteiger charge is -2.36. The maximum Gasteiger partial charge on any atom is 0.260 e. The molecule has 2 aliphatic heterocycles. The highest BCUT2D eigenvalue weighted by atomic mass is 32.2. The van der Waals surface area contributed by atoms with Crippen molar-refractivity contribution in [2.75, 3.05) is 6.54 Å². The second kappa shape index (κ2) is 5.46. The molecule has 6 nitrogen and oxygen atoms in total. The standard InChI is InChI=1S/C13H22N4O2S/c1-2-7-17(20(18,19)13-5-6-14-16-13)12-8-10-3-4-11(9-12)15-10/h5-6,10-12,15H,2-4,7-9H2,1H3,(H,14,16). The molecule has 2 unspecified atom stereocenters. The van der Waals surface area contributed by atoms with E-state index in [0.717, 1.165) is 19.3 Å². The van der Waals surface area contributed by atoms with Crippen LogP contribution in [0.4, 0.5) is 0 Å². The van der Waals surface area contributed by atoms with Crippen molar-refractivity contribution in [1.82, 2.24) is 19.8 Å². The number of nitrogens with one attached hydrogen (secondary N) is 2. The summed E-state index contributed by atoms with van der Waals surface area (Å²) in [4.78, 5) is 0. The molecule has 0 aliphatic carbocycles. The fraction of sp³-hybridized carbons (Fsp3) is 0.769. The van der Waals surface area contributed by atoms with Gasteiger partial charge in [0.1, 0.15) is 0 Å². The molecule has 3 rings (SSSR count). The van der Waals surface area contributed by atoms with Crippen molar-refractivity contribution >= 4 is 10.0 Å². The van der Waals surface area contributed by atoms with Crippen LogP contribution in [0.5, 0.6) is 0 Å². The number of nitrogens with zero attached hydrogens (tertiary/aromatic N) is 2. The number of H-pyrrole nitrogens is 1. The summed E-state index contributed by atoms with van der Waals surface area (Å²) in [5.74, 6) is 0. The van der Waals surface area contributed by atoms with Crippen LogP contribution in [0.2, 0.25) is 0 Å². The molecule has 2 N–H and O–H groups in total. The van der Waals surface area contributed by atoms with E-state index in [0.29, 0.717) is 18.6 Å². The van der Waals surface area contributed by atoms with Crippen LogP contribution in [-0.2, 0) is 10.0 Å². The minimum absolute atomic E-state index is 0.113. The van der Waals surface area contributed by atoms with Crippen molar-refractivity contribution in [3.05, 3.63) is 12.3 Å². The molecule has 0 spiro atoms. The first-order chi connectivity index (χ1) is 9.61. The zero-order valence-electron chi connectivity index (χ0n) is 11.7. The number of hydrogen-bond donors (Lipinski definition) is 2. The smallest absolute Gasteiger partial charge is 0.260 e. The van der Waals surface area contributed by atoms with Crippen LogP contribution in [0.25, 0.3) is 0 Å². The van der Waals surface area contributed by atoms with Gasteiger partial charge in [-0.15, -0.1) is 0 Å². The first kappa shape index (κ1) is 14.0. The van der Waals surface area contributed by atoms with E-state index in [2.05, 4.69) is 15.5 Å². The van der Waals surface area contributed by atoms with Gasteiger partial charge in [0.2, 0.25) is 0 Å². The summed E-state index contributed by atoms with van der Waals surface area (Å²) in [6.07, 6.45) is 6.50. The van der Waals surface area contributed by atoms with Crippen LogP contribution in [-0.4, -0.2) is 47.6 Å². The van der Waals surface area contributed by atoms with Gasteiger partial charge >= 0.3 is 0 Å². The highest BCUT2D eigenvalue weighted by Crippen LogP contribution is 2.32. The molecule has 0 radical (unpaired) electrons. The van der Waals surface area contributed by atoms with Gasteiger partial charge in [0, 0.05) is 24.7 Å². The Morgan fingerprint density at radius 3 is 2.60 bits per heavy atom. The van der Waals surface area contributed by atoms with Crippen molar-refractivity contribution < 1.29 is 8.42 Å². The summed E-state index contributed by atoms with van der Waals surface area (Å²) >= 11 is 0. The topological polar surface area (TPSA) is 78.1 Å². The SMILES string of the molecule is CCCN(C1CC2CCC(C1)N2)S(=O)(=O)c1ccn[nH]1. The van der Waals surface area contributed by atoms with Crippen LogP contribution in [0.1, 0.15) is 39.0 Å². The number of rotatable bonds is 5. The Bertz CT molecular complexity index is 531. The largest absolute Gasteiger partial charge is 0.311 e. The van der Waals surface area contributed by atoms with Gasteiger partial charge in [-0.1, -0.05) is 6.92 Å². The first-order valence-electron chi connectivity index (χ1n) is 7.38. The van der Waals surface area contributed by atoms with Gasteiger partial charge in [-0.2, -0.15) is 9.40 Å². The molecule has 2 fully saturated rings. The summed E-state index contributed by atoms with van der Waals surface area (Å²) in [5, 5.41) is 10.1. The van der Waals surface area contributed by atoms with Gasteiger partial charge < -0.3 is 5.32 Å². The predicted molar refractivity (Wildman–Crippen MR) is 75.7 cm³/mol. The molecule has 1 aromatic rings. The van der Waals surface area contributed by atoms with Gasteiger partial charge in [-0.25, -0.2) is 8.42 Å². The maximum atomic E-state index is 12.8. The lowest BCUT2D eigenvalue weighted by molar-refractivity contribution is 0.225. The van der Waals surface area contributed by atoms with Crippen molar-refractivity contribution in [2.24, 2.45) is 0 Å². The van der Waals surface area contributed by atoms with Gasteiger partial charge in [-0.05, 0) is 38.2 Å². The van der Waals surface area contributed by atoms with Crippen molar-refractivity contribution in [3.63, 3.8) is 0 Å². The fourth-order valence-corrected chi connectivity index (χ4v) is 5.14. The lowest BCUT2D eigenvalue weighted by atomic mass is 10.00. The zero-order chi connectivity index (χ0) is 14.2. The third kappa shape index (κ3) is 2.49. The highest BCUT2D eigenvalue weighted by Gasteiger charge is 2.40. The quantitative estimate of drug-likeness (QED) is 0.853. The summed E-state index contributed by atoms with van der Waals surface area (Å²) < 4.78 is 27.2. The van der Waals surface area contributed by atoms with E-state index in [1.54, 1.807) is 4.31 Å². The highest BCUT2D eigenvalue weighted by molar-refractivity contribution is 7.89. The summed E-state index contributed by atoms with van der Waals surface area (Å²) in [7, 11) is -3.45. The summed E-state index contributed by atoms with van der Waals surface area (Å²) in [6.45, 7) is 2.59. The van der Waals surface area contributed by atoms with Crippen LogP contribution in [0.3, 0.4) is 0 Å². The monoisotopic (exact) mass is 298 g/mol.